The van der Waals surface area contributed by atoms with Crippen molar-refractivity contribution in [3.8, 4) is 0 Å². The van der Waals surface area contributed by atoms with Crippen LogP contribution in [0.15, 0.2) is 47.4 Å². The van der Waals surface area contributed by atoms with Gasteiger partial charge in [-0.25, -0.2) is 9.37 Å². The zero-order valence-corrected chi connectivity index (χ0v) is 21.3. The van der Waals surface area contributed by atoms with Gasteiger partial charge in [0.15, 0.2) is 5.13 Å². The fourth-order valence-electron chi connectivity index (χ4n) is 3.32. The first-order chi connectivity index (χ1) is 15.0. The van der Waals surface area contributed by atoms with E-state index in [1.54, 1.807) is 35.2 Å². The van der Waals surface area contributed by atoms with E-state index in [2.05, 4.69) is 37.8 Å². The maximum Gasteiger partial charge on any atom is 0.228 e. The van der Waals surface area contributed by atoms with Gasteiger partial charge in [0.1, 0.15) is 5.82 Å². The Bertz CT molecular complexity index is 993. The molecule has 0 unspecified atom stereocenters. The van der Waals surface area contributed by atoms with Crippen LogP contribution in [0.5, 0.6) is 0 Å². The van der Waals surface area contributed by atoms with Crippen molar-refractivity contribution >= 4 is 56.8 Å². The molecule has 2 aromatic carbocycles. The minimum Gasteiger partial charge on any atom is -0.302 e. The Morgan fingerprint density at radius 2 is 1.81 bits per heavy atom. The van der Waals surface area contributed by atoms with Crippen LogP contribution in [-0.4, -0.2) is 47.7 Å². The van der Waals surface area contributed by atoms with Crippen molar-refractivity contribution in [3.05, 3.63) is 53.8 Å². The number of hydrogen-bond donors (Lipinski definition) is 0. The van der Waals surface area contributed by atoms with Gasteiger partial charge < -0.3 is 4.90 Å². The number of thiazole rings is 1. The zero-order valence-electron chi connectivity index (χ0n) is 18.8. The van der Waals surface area contributed by atoms with E-state index in [-0.39, 0.29) is 24.1 Å². The van der Waals surface area contributed by atoms with Crippen molar-refractivity contribution in [3.63, 3.8) is 0 Å². The highest BCUT2D eigenvalue weighted by Gasteiger charge is 2.20. The monoisotopic (exact) mass is 495 g/mol. The topological polar surface area (TPSA) is 36.4 Å². The van der Waals surface area contributed by atoms with Crippen LogP contribution in [0.3, 0.4) is 0 Å². The highest BCUT2D eigenvalue weighted by atomic mass is 35.5. The molecule has 174 valence electrons. The molecule has 4 nitrogen and oxygen atoms in total. The van der Waals surface area contributed by atoms with Crippen molar-refractivity contribution in [2.75, 3.05) is 36.8 Å². The first kappa shape index (κ1) is 26.6. The van der Waals surface area contributed by atoms with E-state index in [0.717, 1.165) is 52.1 Å². The highest BCUT2D eigenvalue weighted by Crippen LogP contribution is 2.30. The molecule has 0 aliphatic rings. The second kappa shape index (κ2) is 13.1. The van der Waals surface area contributed by atoms with Gasteiger partial charge in [0.05, 0.1) is 10.2 Å². The molecule has 0 aliphatic carbocycles. The number of fused-ring (bicyclic) bond motifs is 1. The molecule has 0 fully saturated rings. The van der Waals surface area contributed by atoms with Gasteiger partial charge in [0.25, 0.3) is 0 Å². The molecule has 0 spiro atoms. The molecule has 1 heterocycles. The van der Waals surface area contributed by atoms with E-state index < -0.39 is 0 Å². The lowest BCUT2D eigenvalue weighted by Gasteiger charge is -2.24. The van der Waals surface area contributed by atoms with Crippen LogP contribution in [0, 0.1) is 12.7 Å². The number of rotatable bonds is 11. The van der Waals surface area contributed by atoms with Crippen molar-refractivity contribution in [2.24, 2.45) is 0 Å². The molecule has 0 saturated heterocycles. The smallest absolute Gasteiger partial charge is 0.228 e. The number of amides is 1. The zero-order chi connectivity index (χ0) is 22.2. The first-order valence-corrected chi connectivity index (χ1v) is 12.6. The summed E-state index contributed by atoms with van der Waals surface area (Å²) in [7, 11) is 0. The summed E-state index contributed by atoms with van der Waals surface area (Å²) in [5, 5.41) is 0.781. The first-order valence-electron chi connectivity index (χ1n) is 10.8. The van der Waals surface area contributed by atoms with Crippen LogP contribution >= 0.6 is 35.5 Å². The predicted octanol–water partition coefficient (Wildman–Crippen LogP) is 6.41. The Balaban J connectivity index is 0.00000363. The van der Waals surface area contributed by atoms with Gasteiger partial charge >= 0.3 is 0 Å². The number of aryl methyl sites for hydroxylation is 1. The summed E-state index contributed by atoms with van der Waals surface area (Å²) in [5.41, 5.74) is 2.14. The highest BCUT2D eigenvalue weighted by molar-refractivity contribution is 7.99. The fourth-order valence-corrected chi connectivity index (χ4v) is 5.28. The number of anilines is 1. The average molecular weight is 496 g/mol. The normalized spacial score (nSPS) is 11.0. The summed E-state index contributed by atoms with van der Waals surface area (Å²) in [6.45, 7) is 9.76. The van der Waals surface area contributed by atoms with E-state index in [1.165, 1.54) is 17.7 Å². The second-order valence-corrected chi connectivity index (χ2v) is 9.62. The van der Waals surface area contributed by atoms with Gasteiger partial charge in [-0.2, -0.15) is 0 Å². The lowest BCUT2D eigenvalue weighted by Crippen LogP contribution is -2.38. The number of hydrogen-bond acceptors (Lipinski definition) is 5. The molecule has 0 atom stereocenters. The van der Waals surface area contributed by atoms with Gasteiger partial charge in [-0.1, -0.05) is 31.3 Å². The molecule has 0 radical (unpaired) electrons. The minimum absolute atomic E-state index is 0. The summed E-state index contributed by atoms with van der Waals surface area (Å²) in [5.74, 6) is 0.706. The Morgan fingerprint density at radius 3 is 2.50 bits per heavy atom. The largest absolute Gasteiger partial charge is 0.302 e. The van der Waals surface area contributed by atoms with Gasteiger partial charge in [-0.3, -0.25) is 9.69 Å². The van der Waals surface area contributed by atoms with Crippen LogP contribution in [0.2, 0.25) is 0 Å². The molecule has 0 bridgehead atoms. The number of thioether (sulfide) groups is 1. The maximum atomic E-state index is 13.1. The van der Waals surface area contributed by atoms with Gasteiger partial charge in [0, 0.05) is 24.4 Å². The number of benzene rings is 2. The maximum absolute atomic E-state index is 13.1. The van der Waals surface area contributed by atoms with Gasteiger partial charge in [-0.05, 0) is 74.1 Å². The van der Waals surface area contributed by atoms with Crippen LogP contribution in [-0.2, 0) is 4.79 Å². The number of halogens is 2. The van der Waals surface area contributed by atoms with Crippen LogP contribution in [0.4, 0.5) is 9.52 Å². The average Bonchev–Trinajstić information content (AvgIpc) is 3.18. The third kappa shape index (κ3) is 7.44. The molecule has 8 heteroatoms. The number of nitrogens with zero attached hydrogens (tertiary/aromatic N) is 3. The Morgan fingerprint density at radius 1 is 1.09 bits per heavy atom. The van der Waals surface area contributed by atoms with Crippen molar-refractivity contribution in [1.29, 1.82) is 0 Å². The second-order valence-electron chi connectivity index (χ2n) is 7.45. The van der Waals surface area contributed by atoms with E-state index in [4.69, 9.17) is 4.98 Å². The van der Waals surface area contributed by atoms with E-state index >= 15 is 0 Å². The van der Waals surface area contributed by atoms with Gasteiger partial charge in [-0.15, -0.1) is 24.2 Å². The third-order valence-electron chi connectivity index (χ3n) is 5.22. The SMILES string of the molecule is CCN(CC)CCN(C(=O)CCCSc1ccc(F)cc1)c1nc2ccc(C)cc2s1.Cl. The predicted molar refractivity (Wildman–Crippen MR) is 138 cm³/mol. The Kier molecular flexibility index (Phi) is 10.9. The molecule has 0 N–H and O–H groups in total. The van der Waals surface area contributed by atoms with Crippen LogP contribution in [0.1, 0.15) is 32.3 Å². The van der Waals surface area contributed by atoms with E-state index in [0.29, 0.717) is 13.0 Å². The summed E-state index contributed by atoms with van der Waals surface area (Å²) >= 11 is 3.24. The minimum atomic E-state index is -0.227. The number of likely N-dealkylation sites (N-methyl/N-ethyl adjacent to an activating group) is 1. The third-order valence-corrected chi connectivity index (χ3v) is 7.36. The molecule has 1 aromatic heterocycles. The molecular weight excluding hydrogens is 465 g/mol. The van der Waals surface area contributed by atoms with Crippen LogP contribution in [0.25, 0.3) is 10.2 Å². The summed E-state index contributed by atoms with van der Waals surface area (Å²) in [4.78, 5) is 23.1. The standard InChI is InChI=1S/C24H30FN3OS2.ClH/c1-4-27(5-2)14-15-28(24-26-21-13-8-18(3)17-22(21)31-24)23(29)7-6-16-30-20-11-9-19(25)10-12-20;/h8-13,17H,4-7,14-16H2,1-3H3;1H. The molecule has 3 aromatic rings. The summed E-state index contributed by atoms with van der Waals surface area (Å²) in [6.07, 6.45) is 1.24. The summed E-state index contributed by atoms with van der Waals surface area (Å²) < 4.78 is 14.2. The van der Waals surface area contributed by atoms with Gasteiger partial charge in [0.2, 0.25) is 5.91 Å². The number of aromatic nitrogens is 1. The molecule has 3 rings (SSSR count). The fraction of sp³-hybridized carbons (Fsp3) is 0.417. The lowest BCUT2D eigenvalue weighted by atomic mass is 10.2. The molecular formula is C24H31ClFN3OS2. The number of carbonyl (C=O) groups is 1. The van der Waals surface area contributed by atoms with Crippen molar-refractivity contribution in [1.82, 2.24) is 9.88 Å². The number of carbonyl (C=O) groups excluding carboxylic acids is 1. The Labute approximate surface area is 204 Å². The lowest BCUT2D eigenvalue weighted by molar-refractivity contribution is -0.118. The van der Waals surface area contributed by atoms with E-state index in [1.807, 2.05) is 11.0 Å². The molecule has 1 amide bonds. The van der Waals surface area contributed by atoms with E-state index in [9.17, 15) is 9.18 Å². The van der Waals surface area contributed by atoms with Crippen LogP contribution < -0.4 is 4.90 Å². The van der Waals surface area contributed by atoms with Crippen molar-refractivity contribution < 1.29 is 9.18 Å². The molecule has 0 saturated carbocycles. The summed E-state index contributed by atoms with van der Waals surface area (Å²) in [6, 6.07) is 12.7. The molecule has 0 aliphatic heterocycles. The van der Waals surface area contributed by atoms with Crippen molar-refractivity contribution in [2.45, 2.75) is 38.5 Å². The quantitative estimate of drug-likeness (QED) is 0.227. The molecule has 32 heavy (non-hydrogen) atoms. The Hall–Kier alpha value is -1.67.